The molecule has 0 spiro atoms. The van der Waals surface area contributed by atoms with Gasteiger partial charge >= 0.3 is 0 Å². The monoisotopic (exact) mass is 460 g/mol. The molecule has 33 heavy (non-hydrogen) atoms. The third-order valence-corrected chi connectivity index (χ3v) is 6.36. The quantitative estimate of drug-likeness (QED) is 0.442. The van der Waals surface area contributed by atoms with Gasteiger partial charge in [0.15, 0.2) is 0 Å². The zero-order chi connectivity index (χ0) is 22.8. The van der Waals surface area contributed by atoms with Gasteiger partial charge in [0.2, 0.25) is 5.95 Å². The average molecular weight is 461 g/mol. The molecule has 1 aromatic carbocycles. The summed E-state index contributed by atoms with van der Waals surface area (Å²) in [6.45, 7) is 2.01. The molecule has 1 amide bonds. The molecule has 3 aromatic heterocycles. The molecule has 7 nitrogen and oxygen atoms in total. The van der Waals surface area contributed by atoms with Crippen molar-refractivity contribution in [3.63, 3.8) is 0 Å². The lowest BCUT2D eigenvalue weighted by Gasteiger charge is -2.30. The Balaban J connectivity index is 1.29. The molecule has 1 aliphatic carbocycles. The second kappa shape index (κ2) is 9.19. The van der Waals surface area contributed by atoms with E-state index in [0.29, 0.717) is 22.2 Å². The fourth-order valence-corrected chi connectivity index (χ4v) is 4.54. The highest BCUT2D eigenvalue weighted by Gasteiger charge is 2.24. The summed E-state index contributed by atoms with van der Waals surface area (Å²) in [5.74, 6) is 0.499. The third-order valence-electron chi connectivity index (χ3n) is 6.08. The van der Waals surface area contributed by atoms with Crippen molar-refractivity contribution in [2.45, 2.75) is 44.7 Å². The van der Waals surface area contributed by atoms with Crippen molar-refractivity contribution >= 4 is 29.0 Å². The van der Waals surface area contributed by atoms with Gasteiger partial charge in [0.1, 0.15) is 0 Å². The zero-order valence-electron chi connectivity index (χ0n) is 18.3. The van der Waals surface area contributed by atoms with Crippen molar-refractivity contribution in [1.29, 1.82) is 0 Å². The largest absolute Gasteiger partial charge is 0.351 e. The number of aryl methyl sites for hydroxylation is 1. The minimum Gasteiger partial charge on any atom is -0.351 e. The smallest absolute Gasteiger partial charge is 0.251 e. The molecule has 1 aliphatic rings. The first kappa shape index (κ1) is 21.4. The maximum atomic E-state index is 12.6. The first-order chi connectivity index (χ1) is 16.1. The first-order valence-electron chi connectivity index (χ1n) is 11.2. The SMILES string of the molecule is Cc1ccc(C(=O)N[C@H]2CCC[C@@H](Nc3ncc(Cl)c(-c4cnn5ccccc45)n3)C2)cc1. The number of hydrogen-bond acceptors (Lipinski definition) is 5. The van der Waals surface area contributed by atoms with E-state index in [4.69, 9.17) is 16.6 Å². The number of benzene rings is 1. The molecule has 5 rings (SSSR count). The predicted octanol–water partition coefficient (Wildman–Crippen LogP) is 4.91. The van der Waals surface area contributed by atoms with Gasteiger partial charge in [0, 0.05) is 29.4 Å². The molecule has 2 N–H and O–H groups in total. The van der Waals surface area contributed by atoms with Crippen molar-refractivity contribution in [3.05, 3.63) is 77.2 Å². The van der Waals surface area contributed by atoms with Crippen molar-refractivity contribution in [2.24, 2.45) is 0 Å². The fourth-order valence-electron chi connectivity index (χ4n) is 4.35. The highest BCUT2D eigenvalue weighted by atomic mass is 35.5. The highest BCUT2D eigenvalue weighted by Crippen LogP contribution is 2.30. The van der Waals surface area contributed by atoms with Crippen molar-refractivity contribution in [1.82, 2.24) is 24.9 Å². The molecule has 0 radical (unpaired) electrons. The van der Waals surface area contributed by atoms with Gasteiger partial charge in [0.25, 0.3) is 5.91 Å². The second-order valence-electron chi connectivity index (χ2n) is 8.52. The van der Waals surface area contributed by atoms with Gasteiger partial charge in [-0.3, -0.25) is 4.79 Å². The van der Waals surface area contributed by atoms with Gasteiger partial charge in [0.05, 0.1) is 28.6 Å². The number of fused-ring (bicyclic) bond motifs is 1. The van der Waals surface area contributed by atoms with Gasteiger partial charge in [-0.1, -0.05) is 35.4 Å². The maximum Gasteiger partial charge on any atom is 0.251 e. The normalized spacial score (nSPS) is 18.2. The van der Waals surface area contributed by atoms with Crippen LogP contribution >= 0.6 is 11.6 Å². The van der Waals surface area contributed by atoms with E-state index < -0.39 is 0 Å². The average Bonchev–Trinajstić information content (AvgIpc) is 3.25. The van der Waals surface area contributed by atoms with Crippen LogP contribution in [0.2, 0.25) is 5.02 Å². The molecular formula is C25H25ClN6O. The summed E-state index contributed by atoms with van der Waals surface area (Å²) >= 11 is 6.44. The first-order valence-corrected chi connectivity index (χ1v) is 11.5. The molecule has 2 atom stereocenters. The topological polar surface area (TPSA) is 84.2 Å². The van der Waals surface area contributed by atoms with Gasteiger partial charge in [-0.05, 0) is 56.9 Å². The van der Waals surface area contributed by atoms with Crippen LogP contribution in [-0.4, -0.2) is 37.6 Å². The van der Waals surface area contributed by atoms with Crippen LogP contribution in [0.3, 0.4) is 0 Å². The molecular weight excluding hydrogens is 436 g/mol. The Bertz CT molecular complexity index is 1290. The number of pyridine rings is 1. The Hall–Kier alpha value is -3.45. The van der Waals surface area contributed by atoms with E-state index >= 15 is 0 Å². The molecule has 4 aromatic rings. The van der Waals surface area contributed by atoms with E-state index in [-0.39, 0.29) is 18.0 Å². The van der Waals surface area contributed by atoms with Crippen LogP contribution in [0.25, 0.3) is 16.8 Å². The Kier molecular flexibility index (Phi) is 5.96. The van der Waals surface area contributed by atoms with Gasteiger partial charge in [-0.2, -0.15) is 5.10 Å². The van der Waals surface area contributed by atoms with E-state index in [2.05, 4.69) is 20.7 Å². The Morgan fingerprint density at radius 2 is 1.91 bits per heavy atom. The number of anilines is 1. The van der Waals surface area contributed by atoms with E-state index in [9.17, 15) is 4.79 Å². The number of nitrogens with one attached hydrogen (secondary N) is 2. The lowest BCUT2D eigenvalue weighted by molar-refractivity contribution is 0.0926. The van der Waals surface area contributed by atoms with E-state index in [0.717, 1.165) is 42.3 Å². The molecule has 0 aliphatic heterocycles. The summed E-state index contributed by atoms with van der Waals surface area (Å²) in [6.07, 6.45) is 9.07. The van der Waals surface area contributed by atoms with Crippen LogP contribution in [0.4, 0.5) is 5.95 Å². The van der Waals surface area contributed by atoms with E-state index in [1.165, 1.54) is 0 Å². The number of carbonyl (C=O) groups excluding carboxylic acids is 1. The molecule has 3 heterocycles. The summed E-state index contributed by atoms with van der Waals surface area (Å²) in [6, 6.07) is 13.8. The Labute approximate surface area is 197 Å². The van der Waals surface area contributed by atoms with Gasteiger partial charge in [-0.25, -0.2) is 14.5 Å². The minimum absolute atomic E-state index is 0.0289. The molecule has 0 unspecified atom stereocenters. The Morgan fingerprint density at radius 1 is 1.09 bits per heavy atom. The number of aromatic nitrogens is 4. The lowest BCUT2D eigenvalue weighted by Crippen LogP contribution is -2.42. The Morgan fingerprint density at radius 3 is 2.76 bits per heavy atom. The molecule has 1 saturated carbocycles. The van der Waals surface area contributed by atoms with Gasteiger partial charge < -0.3 is 10.6 Å². The number of hydrogen-bond donors (Lipinski definition) is 2. The maximum absolute atomic E-state index is 12.6. The number of nitrogens with zero attached hydrogens (tertiary/aromatic N) is 4. The van der Waals surface area contributed by atoms with Crippen LogP contribution in [-0.2, 0) is 0 Å². The highest BCUT2D eigenvalue weighted by molar-refractivity contribution is 6.33. The van der Waals surface area contributed by atoms with E-state index in [1.807, 2.05) is 55.6 Å². The molecule has 8 heteroatoms. The summed E-state index contributed by atoms with van der Waals surface area (Å²) in [7, 11) is 0. The van der Waals surface area contributed by atoms with Crippen LogP contribution in [0.15, 0.2) is 61.1 Å². The lowest BCUT2D eigenvalue weighted by atomic mass is 9.91. The number of rotatable bonds is 5. The second-order valence-corrected chi connectivity index (χ2v) is 8.93. The van der Waals surface area contributed by atoms with Crippen molar-refractivity contribution < 1.29 is 4.79 Å². The number of carbonyl (C=O) groups is 1. The van der Waals surface area contributed by atoms with Crippen molar-refractivity contribution in [3.8, 4) is 11.3 Å². The minimum atomic E-state index is -0.0289. The molecule has 168 valence electrons. The van der Waals surface area contributed by atoms with Crippen molar-refractivity contribution in [2.75, 3.05) is 5.32 Å². The summed E-state index contributed by atoms with van der Waals surface area (Å²) in [5.41, 5.74) is 4.27. The molecule has 1 fully saturated rings. The summed E-state index contributed by atoms with van der Waals surface area (Å²) in [5, 5.41) is 11.5. The number of halogens is 1. The summed E-state index contributed by atoms with van der Waals surface area (Å²) < 4.78 is 1.79. The van der Waals surface area contributed by atoms with E-state index in [1.54, 1.807) is 16.9 Å². The zero-order valence-corrected chi connectivity index (χ0v) is 19.1. The molecule has 0 saturated heterocycles. The number of amides is 1. The molecule has 0 bridgehead atoms. The van der Waals surface area contributed by atoms with Crippen LogP contribution < -0.4 is 10.6 Å². The standard InChI is InChI=1S/C25H25ClN6O/c1-16-8-10-17(11-9-16)24(33)29-18-5-4-6-19(13-18)30-25-27-15-21(26)23(31-25)20-14-28-32-12-3-2-7-22(20)32/h2-3,7-12,14-15,18-19H,4-6,13H2,1H3,(H,29,33)(H,27,30,31)/t18-,19+/m0/s1. The fraction of sp³-hybridized carbons (Fsp3) is 0.280. The van der Waals surface area contributed by atoms with Crippen LogP contribution in [0.5, 0.6) is 0 Å². The third kappa shape index (κ3) is 4.68. The van der Waals surface area contributed by atoms with Crippen LogP contribution in [0.1, 0.15) is 41.6 Å². The summed E-state index contributed by atoms with van der Waals surface area (Å²) in [4.78, 5) is 21.7. The van der Waals surface area contributed by atoms with Crippen LogP contribution in [0, 0.1) is 6.92 Å². The predicted molar refractivity (Wildman–Crippen MR) is 130 cm³/mol. The van der Waals surface area contributed by atoms with Gasteiger partial charge in [-0.15, -0.1) is 0 Å².